The monoisotopic (exact) mass is 1100 g/mol. The van der Waals surface area contributed by atoms with Gasteiger partial charge in [-0.25, -0.2) is 0 Å². The Morgan fingerprint density at radius 1 is 0.321 bits per heavy atom. The molecular weight excluding hydrogens is 1030 g/mol. The Morgan fingerprint density at radius 2 is 0.702 bits per heavy atom. The van der Waals surface area contributed by atoms with E-state index in [1.165, 1.54) is 4.90 Å². The normalized spacial score (nSPS) is 14.4. The molecule has 11 aromatic carbocycles. The van der Waals surface area contributed by atoms with Gasteiger partial charge < -0.3 is 9.13 Å². The van der Waals surface area contributed by atoms with Gasteiger partial charge in [-0.3, -0.25) is 29.0 Å². The van der Waals surface area contributed by atoms with E-state index in [0.29, 0.717) is 46.1 Å². The summed E-state index contributed by atoms with van der Waals surface area (Å²) in [5, 5.41) is 10.8. The second kappa shape index (κ2) is 20.2. The average molecular weight is 1100 g/mol. The summed E-state index contributed by atoms with van der Waals surface area (Å²) < 4.78 is 4.64. The van der Waals surface area contributed by atoms with Crippen molar-refractivity contribution in [1.29, 1.82) is 0 Å². The predicted octanol–water partition coefficient (Wildman–Crippen LogP) is 18.9. The van der Waals surface area contributed by atoms with Crippen LogP contribution in [0.15, 0.2) is 182 Å². The van der Waals surface area contributed by atoms with Gasteiger partial charge in [0.05, 0.1) is 22.1 Å². The van der Waals surface area contributed by atoms with E-state index in [1.54, 1.807) is 4.90 Å². The van der Waals surface area contributed by atoms with Crippen molar-refractivity contribution in [3.63, 3.8) is 0 Å². The zero-order valence-electron chi connectivity index (χ0n) is 48.0. The number of carbonyl (C=O) groups is 4. The molecule has 4 heterocycles. The fourth-order valence-electron chi connectivity index (χ4n) is 14.7. The van der Waals surface area contributed by atoms with Crippen LogP contribution in [0.25, 0.3) is 120 Å². The number of hydrogen-bond acceptors (Lipinski definition) is 4. The molecule has 0 N–H and O–H groups in total. The number of carbonyl (C=O) groups excluding carboxylic acids is 4. The molecule has 84 heavy (non-hydrogen) atoms. The molecule has 0 aliphatic carbocycles. The minimum atomic E-state index is -0.293. The number of hydrogen-bond donors (Lipinski definition) is 0. The van der Waals surface area contributed by atoms with Crippen LogP contribution < -0.4 is 0 Å². The highest BCUT2D eigenvalue weighted by Crippen LogP contribution is 2.53. The molecule has 0 saturated carbocycles. The van der Waals surface area contributed by atoms with Crippen LogP contribution in [0.5, 0.6) is 0 Å². The van der Waals surface area contributed by atoms with Gasteiger partial charge in [0.25, 0.3) is 23.6 Å². The van der Waals surface area contributed by atoms with Crippen molar-refractivity contribution in [2.45, 2.75) is 79.1 Å². The summed E-state index contributed by atoms with van der Waals surface area (Å²) in [5.74, 6) is -0.820. The summed E-state index contributed by atoms with van der Waals surface area (Å²) in [6, 6.07) is 63.3. The number of imide groups is 2. The van der Waals surface area contributed by atoms with Gasteiger partial charge >= 0.3 is 0 Å². The van der Waals surface area contributed by atoms with Crippen LogP contribution in [-0.2, 0) is 0 Å². The Hall–Kier alpha value is -9.40. The molecule has 2 atom stereocenters. The third-order valence-corrected chi connectivity index (χ3v) is 19.0. The fraction of sp³-hybridized carbons (Fsp3) is 0.211. The van der Waals surface area contributed by atoms with Gasteiger partial charge in [0, 0.05) is 84.4 Å². The summed E-state index contributed by atoms with van der Waals surface area (Å²) in [6.07, 6.45) is 7.66. The lowest BCUT2D eigenvalue weighted by Gasteiger charge is -2.33. The molecule has 2 aliphatic rings. The first kappa shape index (κ1) is 51.5. The lowest BCUT2D eigenvalue weighted by atomic mass is 9.77. The third-order valence-electron chi connectivity index (χ3n) is 19.0. The van der Waals surface area contributed by atoms with Crippen molar-refractivity contribution in [3.05, 3.63) is 204 Å². The highest BCUT2D eigenvalue weighted by molar-refractivity contribution is 6.44. The number of aromatic nitrogens is 2. The SMILES string of the molecule is CCCCC(CC)CN1C(=O)c2ccc3c4c(-c5ccc6c7ccccc7n(-c7ccccc7)c6c5)cc5c6c(cc(-c7ccc8c9ccccc9n(-c9ccccc9)c8c7)c(c7ccc(c2c37)C1=O)c64)C(=O)N(CC(CC)CCCC)C5=O. The molecule has 412 valence electrons. The van der Waals surface area contributed by atoms with Crippen LogP contribution in [0.4, 0.5) is 0 Å². The van der Waals surface area contributed by atoms with E-state index in [4.69, 9.17) is 0 Å². The summed E-state index contributed by atoms with van der Waals surface area (Å²) in [7, 11) is 0. The molecule has 2 aromatic heterocycles. The third kappa shape index (κ3) is 7.65. The Kier molecular flexibility index (Phi) is 12.4. The number of rotatable bonds is 16. The Balaban J connectivity index is 1.09. The Morgan fingerprint density at radius 3 is 1.13 bits per heavy atom. The maximum atomic E-state index is 15.8. The van der Waals surface area contributed by atoms with Crippen LogP contribution in [-0.4, -0.2) is 55.7 Å². The lowest BCUT2D eigenvalue weighted by molar-refractivity contribution is 0.0565. The number of para-hydroxylation sites is 4. The molecule has 0 saturated heterocycles. The van der Waals surface area contributed by atoms with E-state index in [1.807, 2.05) is 24.3 Å². The highest BCUT2D eigenvalue weighted by Gasteiger charge is 2.40. The molecule has 2 aliphatic heterocycles. The molecule has 0 fully saturated rings. The second-order valence-corrected chi connectivity index (χ2v) is 23.6. The van der Waals surface area contributed by atoms with Crippen LogP contribution in [0.3, 0.4) is 0 Å². The Labute approximate surface area is 487 Å². The van der Waals surface area contributed by atoms with E-state index in [2.05, 4.69) is 195 Å². The van der Waals surface area contributed by atoms with Crippen LogP contribution in [0, 0.1) is 11.8 Å². The number of fused-ring (bicyclic) bond motifs is 8. The minimum Gasteiger partial charge on any atom is -0.309 e. The van der Waals surface area contributed by atoms with E-state index >= 15 is 19.2 Å². The molecule has 4 amide bonds. The van der Waals surface area contributed by atoms with Gasteiger partial charge in [-0.15, -0.1) is 0 Å². The smallest absolute Gasteiger partial charge is 0.261 e. The predicted molar refractivity (Wildman–Crippen MR) is 345 cm³/mol. The molecule has 8 nitrogen and oxygen atoms in total. The van der Waals surface area contributed by atoms with Gasteiger partial charge in [-0.05, 0) is 147 Å². The van der Waals surface area contributed by atoms with Crippen molar-refractivity contribution < 1.29 is 19.2 Å². The molecule has 13 aromatic rings. The topological polar surface area (TPSA) is 84.6 Å². The standard InChI is InChI=1S/C76H64N4O4/c1-5-9-21-45(7-3)43-77-73(81)57-37-35-55-67-56(36-38-58(70(57)67)74(77)82)69-60(48-32-34-54-52-28-18-20-30-64(52)80(66(54)40-48)50-25-15-12-16-26-50)42-62-71-61(75(83)78(76(62)84)44-46(8-4)22-10-6-2)41-59(68(55)72(69)71)47-31-33-53-51-27-17-19-29-63(51)79(65(53)39-47)49-23-13-11-14-24-49/h11-20,23-42,45-46H,5-10,21-22,43-44H2,1-4H3. The number of unbranched alkanes of at least 4 members (excludes halogenated alkanes) is 2. The summed E-state index contributed by atoms with van der Waals surface area (Å²) in [6.45, 7) is 9.35. The first-order valence-corrected chi connectivity index (χ1v) is 30.4. The largest absolute Gasteiger partial charge is 0.309 e. The van der Waals surface area contributed by atoms with Crippen molar-refractivity contribution in [2.24, 2.45) is 11.8 Å². The first-order valence-electron chi connectivity index (χ1n) is 30.4. The van der Waals surface area contributed by atoms with Crippen molar-refractivity contribution in [2.75, 3.05) is 13.1 Å². The molecule has 15 rings (SSSR count). The lowest BCUT2D eigenvalue weighted by Crippen LogP contribution is -2.43. The van der Waals surface area contributed by atoms with Crippen LogP contribution in [0.1, 0.15) is 120 Å². The molecule has 0 spiro atoms. The van der Waals surface area contributed by atoms with E-state index < -0.39 is 0 Å². The molecular formula is C76H64N4O4. The quantitative estimate of drug-likeness (QED) is 0.0548. The number of amides is 4. The van der Waals surface area contributed by atoms with Crippen LogP contribution >= 0.6 is 0 Å². The van der Waals surface area contributed by atoms with Gasteiger partial charge in [-0.1, -0.05) is 175 Å². The van der Waals surface area contributed by atoms with Gasteiger partial charge in [-0.2, -0.15) is 0 Å². The second-order valence-electron chi connectivity index (χ2n) is 23.6. The first-order chi connectivity index (χ1) is 41.2. The summed E-state index contributed by atoms with van der Waals surface area (Å²) in [5.41, 5.74) is 11.7. The average Bonchev–Trinajstić information content (AvgIpc) is 0.899. The fourth-order valence-corrected chi connectivity index (χ4v) is 14.7. The van der Waals surface area contributed by atoms with Gasteiger partial charge in [0.2, 0.25) is 0 Å². The van der Waals surface area contributed by atoms with E-state index in [9.17, 15) is 0 Å². The van der Waals surface area contributed by atoms with Gasteiger partial charge in [0.15, 0.2) is 0 Å². The molecule has 8 heteroatoms. The Bertz CT molecular complexity index is 4610. The van der Waals surface area contributed by atoms with E-state index in [0.717, 1.165) is 161 Å². The molecule has 0 bridgehead atoms. The maximum Gasteiger partial charge on any atom is 0.261 e. The summed E-state index contributed by atoms with van der Waals surface area (Å²) >= 11 is 0. The number of nitrogens with zero attached hydrogens (tertiary/aromatic N) is 4. The van der Waals surface area contributed by atoms with Crippen molar-refractivity contribution in [3.8, 4) is 33.6 Å². The van der Waals surface area contributed by atoms with Gasteiger partial charge in [0.1, 0.15) is 0 Å². The molecule has 2 unspecified atom stereocenters. The maximum absolute atomic E-state index is 15.8. The number of benzene rings is 11. The summed E-state index contributed by atoms with van der Waals surface area (Å²) in [4.78, 5) is 65.1. The van der Waals surface area contributed by atoms with E-state index in [-0.39, 0.29) is 35.5 Å². The zero-order chi connectivity index (χ0) is 57.1. The minimum absolute atomic E-state index is 0.132. The van der Waals surface area contributed by atoms with Crippen LogP contribution in [0.2, 0.25) is 0 Å². The van der Waals surface area contributed by atoms with Crippen molar-refractivity contribution in [1.82, 2.24) is 18.9 Å². The molecule has 0 radical (unpaired) electrons. The van der Waals surface area contributed by atoms with Crippen molar-refractivity contribution >= 4 is 110 Å². The zero-order valence-corrected chi connectivity index (χ0v) is 48.0. The highest BCUT2D eigenvalue weighted by atomic mass is 16.2.